The van der Waals surface area contributed by atoms with Crippen molar-refractivity contribution in [3.05, 3.63) is 22.4 Å². The van der Waals surface area contributed by atoms with Gasteiger partial charge in [-0.15, -0.1) is 0 Å². The number of nitrogens with zero attached hydrogens (tertiary/aromatic N) is 1. The van der Waals surface area contributed by atoms with Crippen molar-refractivity contribution >= 4 is 21.4 Å². The molecule has 124 valence electrons. The van der Waals surface area contributed by atoms with Gasteiger partial charge in [-0.25, -0.2) is 13.1 Å². The van der Waals surface area contributed by atoms with Gasteiger partial charge < -0.3 is 4.74 Å². The Kier molecular flexibility index (Phi) is 4.89. The maximum absolute atomic E-state index is 11.6. The smallest absolute Gasteiger partial charge is 0.209 e. The molecule has 0 saturated carbocycles. The van der Waals surface area contributed by atoms with Crippen LogP contribution in [-0.2, 0) is 21.3 Å². The Balaban J connectivity index is 1.63. The summed E-state index contributed by atoms with van der Waals surface area (Å²) in [6.07, 6.45) is 4.26. The fraction of sp³-hybridized carbons (Fsp3) is 0.733. The van der Waals surface area contributed by atoms with Crippen molar-refractivity contribution in [2.45, 2.75) is 31.8 Å². The molecule has 2 aliphatic heterocycles. The van der Waals surface area contributed by atoms with Crippen LogP contribution in [0.5, 0.6) is 0 Å². The molecule has 3 heterocycles. The molecule has 0 aromatic carbocycles. The summed E-state index contributed by atoms with van der Waals surface area (Å²) in [7, 11) is -3.20. The molecule has 0 radical (unpaired) electrons. The fourth-order valence-electron chi connectivity index (χ4n) is 3.64. The molecule has 2 aliphatic rings. The third-order valence-corrected chi connectivity index (χ3v) is 6.41. The van der Waals surface area contributed by atoms with Crippen molar-refractivity contribution in [2.75, 3.05) is 32.6 Å². The van der Waals surface area contributed by atoms with Crippen molar-refractivity contribution in [3.8, 4) is 0 Å². The van der Waals surface area contributed by atoms with E-state index in [1.165, 1.54) is 11.8 Å². The molecule has 0 unspecified atom stereocenters. The summed E-state index contributed by atoms with van der Waals surface area (Å²) in [5, 5.41) is 4.32. The highest BCUT2D eigenvalue weighted by Crippen LogP contribution is 2.41. The molecule has 2 fully saturated rings. The zero-order valence-electron chi connectivity index (χ0n) is 13.0. The Hall–Kier alpha value is -0.470. The van der Waals surface area contributed by atoms with Gasteiger partial charge >= 0.3 is 0 Å². The van der Waals surface area contributed by atoms with Gasteiger partial charge in [0.15, 0.2) is 0 Å². The summed E-state index contributed by atoms with van der Waals surface area (Å²) in [5.41, 5.74) is 1.44. The molecule has 1 aromatic rings. The summed E-state index contributed by atoms with van der Waals surface area (Å²) >= 11 is 1.74. The minimum absolute atomic E-state index is 0.0620. The van der Waals surface area contributed by atoms with Gasteiger partial charge in [-0.2, -0.15) is 11.3 Å². The van der Waals surface area contributed by atoms with Gasteiger partial charge in [0.2, 0.25) is 10.0 Å². The lowest BCUT2D eigenvalue weighted by Crippen LogP contribution is -2.57. The van der Waals surface area contributed by atoms with Gasteiger partial charge in [0, 0.05) is 13.2 Å². The van der Waals surface area contributed by atoms with Gasteiger partial charge in [0.25, 0.3) is 0 Å². The lowest BCUT2D eigenvalue weighted by atomic mass is 9.69. The molecule has 1 atom stereocenters. The van der Waals surface area contributed by atoms with Crippen LogP contribution >= 0.6 is 11.3 Å². The highest BCUT2D eigenvalue weighted by molar-refractivity contribution is 7.88. The zero-order valence-corrected chi connectivity index (χ0v) is 14.6. The Morgan fingerprint density at radius 3 is 2.82 bits per heavy atom. The second-order valence-electron chi connectivity index (χ2n) is 6.54. The first-order valence-electron chi connectivity index (χ1n) is 7.75. The van der Waals surface area contributed by atoms with Crippen LogP contribution in [0, 0.1) is 5.41 Å². The molecule has 2 saturated heterocycles. The van der Waals surface area contributed by atoms with E-state index in [0.717, 1.165) is 45.5 Å². The number of ether oxygens (including phenoxy) is 1. The Labute approximate surface area is 136 Å². The van der Waals surface area contributed by atoms with E-state index < -0.39 is 10.0 Å². The van der Waals surface area contributed by atoms with Crippen LogP contribution in [0.4, 0.5) is 0 Å². The number of hydrogen-bond donors (Lipinski definition) is 1. The van der Waals surface area contributed by atoms with E-state index >= 15 is 0 Å². The van der Waals surface area contributed by atoms with E-state index in [9.17, 15) is 8.42 Å². The van der Waals surface area contributed by atoms with Crippen LogP contribution in [0.2, 0.25) is 0 Å². The van der Waals surface area contributed by atoms with Crippen molar-refractivity contribution in [1.82, 2.24) is 9.62 Å². The Morgan fingerprint density at radius 2 is 2.18 bits per heavy atom. The number of nitrogens with one attached hydrogen (secondary N) is 1. The Bertz CT molecular complexity index is 578. The molecule has 0 amide bonds. The molecule has 1 N–H and O–H groups in total. The maximum Gasteiger partial charge on any atom is 0.209 e. The highest BCUT2D eigenvalue weighted by Gasteiger charge is 2.44. The average Bonchev–Trinajstić information content (AvgIpc) is 2.96. The molecule has 7 heteroatoms. The third-order valence-electron chi connectivity index (χ3n) is 4.96. The van der Waals surface area contributed by atoms with Gasteiger partial charge in [-0.3, -0.25) is 4.90 Å². The number of rotatable bonds is 4. The van der Waals surface area contributed by atoms with E-state index in [0.29, 0.717) is 6.61 Å². The largest absolute Gasteiger partial charge is 0.380 e. The van der Waals surface area contributed by atoms with Crippen molar-refractivity contribution in [3.63, 3.8) is 0 Å². The molecular weight excluding hydrogens is 320 g/mol. The topological polar surface area (TPSA) is 58.6 Å². The van der Waals surface area contributed by atoms with Gasteiger partial charge in [0.05, 0.1) is 18.9 Å². The fourth-order valence-corrected chi connectivity index (χ4v) is 5.14. The normalized spacial score (nSPS) is 26.3. The summed E-state index contributed by atoms with van der Waals surface area (Å²) in [6, 6.07) is 2.09. The molecule has 3 rings (SSSR count). The van der Waals surface area contributed by atoms with Gasteiger partial charge in [0.1, 0.15) is 0 Å². The molecule has 1 aromatic heterocycles. The van der Waals surface area contributed by atoms with E-state index in [2.05, 4.69) is 26.4 Å². The standard InChI is InChI=1S/C15H24N2O3S2/c1-22(18,19)16-14-11-20-8-5-15(14)3-6-17(7-4-15)10-13-2-9-21-12-13/h2,9,12,14,16H,3-8,10-11H2,1H3/t14-/m1/s1. The zero-order chi connectivity index (χ0) is 15.6. The first kappa shape index (κ1) is 16.4. The predicted molar refractivity (Wildman–Crippen MR) is 88.5 cm³/mol. The molecular formula is C15H24N2O3S2. The van der Waals surface area contributed by atoms with Crippen LogP contribution in [-0.4, -0.2) is 51.9 Å². The SMILES string of the molecule is CS(=O)(=O)N[C@@H]1COCCC12CCN(Cc1ccsc1)CC2. The van der Waals surface area contributed by atoms with Crippen molar-refractivity contribution in [1.29, 1.82) is 0 Å². The molecule has 0 aliphatic carbocycles. The number of likely N-dealkylation sites (tertiary alicyclic amines) is 1. The second-order valence-corrected chi connectivity index (χ2v) is 9.10. The van der Waals surface area contributed by atoms with Crippen molar-refractivity contribution < 1.29 is 13.2 Å². The first-order valence-corrected chi connectivity index (χ1v) is 10.6. The average molecular weight is 345 g/mol. The quantitative estimate of drug-likeness (QED) is 0.903. The lowest BCUT2D eigenvalue weighted by Gasteiger charge is -2.48. The number of piperidine rings is 1. The highest BCUT2D eigenvalue weighted by atomic mass is 32.2. The monoisotopic (exact) mass is 344 g/mol. The minimum atomic E-state index is -3.20. The second kappa shape index (κ2) is 6.57. The van der Waals surface area contributed by atoms with E-state index in [4.69, 9.17) is 4.74 Å². The lowest BCUT2D eigenvalue weighted by molar-refractivity contribution is -0.0445. The van der Waals surface area contributed by atoms with Crippen LogP contribution in [0.15, 0.2) is 16.8 Å². The predicted octanol–water partition coefficient (Wildman–Crippen LogP) is 1.67. The van der Waals surface area contributed by atoms with Crippen LogP contribution in [0.1, 0.15) is 24.8 Å². The van der Waals surface area contributed by atoms with Crippen LogP contribution in [0.3, 0.4) is 0 Å². The van der Waals surface area contributed by atoms with E-state index in [-0.39, 0.29) is 11.5 Å². The van der Waals surface area contributed by atoms with E-state index in [1.807, 2.05) is 0 Å². The number of thiophene rings is 1. The van der Waals surface area contributed by atoms with E-state index in [1.54, 1.807) is 11.3 Å². The third kappa shape index (κ3) is 3.89. The van der Waals surface area contributed by atoms with Crippen LogP contribution < -0.4 is 4.72 Å². The van der Waals surface area contributed by atoms with Crippen molar-refractivity contribution in [2.24, 2.45) is 5.41 Å². The summed E-state index contributed by atoms with van der Waals surface area (Å²) < 4.78 is 31.6. The summed E-state index contributed by atoms with van der Waals surface area (Å²) in [6.45, 7) is 4.29. The molecule has 1 spiro atoms. The molecule has 5 nitrogen and oxygen atoms in total. The first-order chi connectivity index (χ1) is 10.5. The number of sulfonamides is 1. The Morgan fingerprint density at radius 1 is 1.41 bits per heavy atom. The summed E-state index contributed by atoms with van der Waals surface area (Å²) in [4.78, 5) is 2.47. The van der Waals surface area contributed by atoms with Gasteiger partial charge in [-0.1, -0.05) is 0 Å². The number of hydrogen-bond acceptors (Lipinski definition) is 5. The molecule has 0 bridgehead atoms. The minimum Gasteiger partial charge on any atom is -0.380 e. The van der Waals surface area contributed by atoms with Gasteiger partial charge in [-0.05, 0) is 60.2 Å². The maximum atomic E-state index is 11.6. The molecule has 22 heavy (non-hydrogen) atoms. The van der Waals surface area contributed by atoms with Crippen LogP contribution in [0.25, 0.3) is 0 Å². The summed E-state index contributed by atoms with van der Waals surface area (Å²) in [5.74, 6) is 0.